The van der Waals surface area contributed by atoms with Crippen LogP contribution in [-0.4, -0.2) is 62.0 Å². The molecule has 4 nitrogen and oxygen atoms in total. The average molecular weight is 225 g/mol. The zero-order chi connectivity index (χ0) is 12.0. The van der Waals surface area contributed by atoms with Gasteiger partial charge < -0.3 is 10.2 Å². The van der Waals surface area contributed by atoms with Crippen molar-refractivity contribution >= 4 is 5.91 Å². The minimum Gasteiger partial charge on any atom is -0.339 e. The van der Waals surface area contributed by atoms with E-state index in [4.69, 9.17) is 0 Å². The molecule has 1 amide bonds. The lowest BCUT2D eigenvalue weighted by Gasteiger charge is -2.29. The lowest BCUT2D eigenvalue weighted by molar-refractivity contribution is -0.132. The summed E-state index contributed by atoms with van der Waals surface area (Å²) < 4.78 is 0. The maximum absolute atomic E-state index is 11.9. The molecule has 4 heteroatoms. The van der Waals surface area contributed by atoms with Gasteiger partial charge in [0.1, 0.15) is 0 Å². The van der Waals surface area contributed by atoms with Crippen LogP contribution in [0.15, 0.2) is 12.2 Å². The number of amides is 1. The van der Waals surface area contributed by atoms with Crippen molar-refractivity contribution in [1.82, 2.24) is 15.1 Å². The molecule has 0 bridgehead atoms. The Balaban J connectivity index is 2.23. The topological polar surface area (TPSA) is 35.6 Å². The van der Waals surface area contributed by atoms with E-state index >= 15 is 0 Å². The van der Waals surface area contributed by atoms with Gasteiger partial charge in [0.25, 0.3) is 0 Å². The molecular formula is C12H23N3O. The third-order valence-electron chi connectivity index (χ3n) is 2.80. The first-order valence-electron chi connectivity index (χ1n) is 5.91. The van der Waals surface area contributed by atoms with E-state index in [0.29, 0.717) is 6.54 Å². The molecule has 0 aromatic rings. The summed E-state index contributed by atoms with van der Waals surface area (Å²) in [6, 6.07) is 0. The molecular weight excluding hydrogens is 202 g/mol. The molecule has 1 rings (SSSR count). The van der Waals surface area contributed by atoms with Crippen molar-refractivity contribution in [2.75, 3.05) is 46.3 Å². The number of hydrogen-bond donors (Lipinski definition) is 1. The lowest BCUT2D eigenvalue weighted by atomic mass is 10.2. The van der Waals surface area contributed by atoms with Crippen molar-refractivity contribution in [2.45, 2.75) is 13.3 Å². The standard InChI is InChI=1S/C12H23N3O/c1-11(2)4-7-14(3)10-12(16)15-8-5-13-6-9-15/h13H,1,4-10H2,2-3H3. The smallest absolute Gasteiger partial charge is 0.236 e. The zero-order valence-electron chi connectivity index (χ0n) is 10.5. The quantitative estimate of drug-likeness (QED) is 0.684. The lowest BCUT2D eigenvalue weighted by Crippen LogP contribution is -2.49. The van der Waals surface area contributed by atoms with Crippen LogP contribution in [0.3, 0.4) is 0 Å². The Morgan fingerprint density at radius 3 is 2.62 bits per heavy atom. The van der Waals surface area contributed by atoms with Gasteiger partial charge in [-0.15, -0.1) is 6.58 Å². The summed E-state index contributed by atoms with van der Waals surface area (Å²) in [6.07, 6.45) is 0.964. The highest BCUT2D eigenvalue weighted by atomic mass is 16.2. The van der Waals surface area contributed by atoms with Crippen molar-refractivity contribution in [3.05, 3.63) is 12.2 Å². The van der Waals surface area contributed by atoms with E-state index in [0.717, 1.165) is 39.1 Å². The minimum absolute atomic E-state index is 0.241. The molecule has 1 fully saturated rings. The Hall–Kier alpha value is -0.870. The fraction of sp³-hybridized carbons (Fsp3) is 0.750. The van der Waals surface area contributed by atoms with Gasteiger partial charge in [-0.05, 0) is 20.4 Å². The molecule has 0 radical (unpaired) electrons. The average Bonchev–Trinajstić information content (AvgIpc) is 2.27. The highest BCUT2D eigenvalue weighted by Gasteiger charge is 2.17. The summed E-state index contributed by atoms with van der Waals surface area (Å²) in [5.41, 5.74) is 1.17. The van der Waals surface area contributed by atoms with E-state index in [9.17, 15) is 4.79 Å². The van der Waals surface area contributed by atoms with Crippen LogP contribution in [0.4, 0.5) is 0 Å². The highest BCUT2D eigenvalue weighted by Crippen LogP contribution is 1.99. The van der Waals surface area contributed by atoms with Crippen LogP contribution in [0.2, 0.25) is 0 Å². The van der Waals surface area contributed by atoms with Gasteiger partial charge >= 0.3 is 0 Å². The Labute approximate surface area is 98.3 Å². The van der Waals surface area contributed by atoms with Gasteiger partial charge in [0.15, 0.2) is 0 Å². The number of piperazine rings is 1. The van der Waals surface area contributed by atoms with Crippen LogP contribution in [0.5, 0.6) is 0 Å². The van der Waals surface area contributed by atoms with Crippen LogP contribution in [0.25, 0.3) is 0 Å². The maximum Gasteiger partial charge on any atom is 0.236 e. The summed E-state index contributed by atoms with van der Waals surface area (Å²) in [4.78, 5) is 15.9. The third kappa shape index (κ3) is 4.77. The van der Waals surface area contributed by atoms with Crippen molar-refractivity contribution in [1.29, 1.82) is 0 Å². The van der Waals surface area contributed by atoms with Crippen molar-refractivity contribution < 1.29 is 4.79 Å². The Morgan fingerprint density at radius 1 is 1.44 bits per heavy atom. The molecule has 0 spiro atoms. The second-order valence-electron chi connectivity index (χ2n) is 4.58. The third-order valence-corrected chi connectivity index (χ3v) is 2.80. The molecule has 0 atom stereocenters. The maximum atomic E-state index is 11.9. The van der Waals surface area contributed by atoms with Gasteiger partial charge in [-0.25, -0.2) is 0 Å². The van der Waals surface area contributed by atoms with Crippen LogP contribution < -0.4 is 5.32 Å². The minimum atomic E-state index is 0.241. The normalized spacial score (nSPS) is 16.6. The van der Waals surface area contributed by atoms with E-state index in [1.165, 1.54) is 5.57 Å². The van der Waals surface area contributed by atoms with Crippen LogP contribution in [0.1, 0.15) is 13.3 Å². The molecule has 1 aliphatic heterocycles. The predicted molar refractivity (Wildman–Crippen MR) is 66.4 cm³/mol. The van der Waals surface area contributed by atoms with E-state index in [1.54, 1.807) is 0 Å². The number of nitrogens with zero attached hydrogens (tertiary/aromatic N) is 2. The number of carbonyl (C=O) groups is 1. The monoisotopic (exact) mass is 225 g/mol. The molecule has 0 unspecified atom stereocenters. The number of nitrogens with one attached hydrogen (secondary N) is 1. The number of hydrogen-bond acceptors (Lipinski definition) is 3. The van der Waals surface area contributed by atoms with Crippen LogP contribution in [-0.2, 0) is 4.79 Å². The van der Waals surface area contributed by atoms with Crippen LogP contribution in [0, 0.1) is 0 Å². The van der Waals surface area contributed by atoms with Crippen molar-refractivity contribution in [3.63, 3.8) is 0 Å². The molecule has 0 saturated carbocycles. The van der Waals surface area contributed by atoms with E-state index < -0.39 is 0 Å². The molecule has 0 aromatic carbocycles. The van der Waals surface area contributed by atoms with Crippen molar-refractivity contribution in [2.24, 2.45) is 0 Å². The highest BCUT2D eigenvalue weighted by molar-refractivity contribution is 5.78. The number of carbonyl (C=O) groups excluding carboxylic acids is 1. The summed E-state index contributed by atoms with van der Waals surface area (Å²) in [6.45, 7) is 10.8. The van der Waals surface area contributed by atoms with Gasteiger partial charge in [0.05, 0.1) is 6.54 Å². The first-order valence-corrected chi connectivity index (χ1v) is 5.91. The molecule has 0 aromatic heterocycles. The molecule has 1 aliphatic rings. The first kappa shape index (κ1) is 13.2. The van der Waals surface area contributed by atoms with Gasteiger partial charge in [0.2, 0.25) is 5.91 Å². The van der Waals surface area contributed by atoms with E-state index in [2.05, 4.69) is 16.8 Å². The van der Waals surface area contributed by atoms with Gasteiger partial charge in [0, 0.05) is 32.7 Å². The Kier molecular flexibility index (Phi) is 5.49. The predicted octanol–water partition coefficient (Wildman–Crippen LogP) is 0.316. The van der Waals surface area contributed by atoms with E-state index in [-0.39, 0.29) is 5.91 Å². The first-order chi connectivity index (χ1) is 7.59. The van der Waals surface area contributed by atoms with Gasteiger partial charge in [-0.3, -0.25) is 9.69 Å². The van der Waals surface area contributed by atoms with Crippen LogP contribution >= 0.6 is 0 Å². The molecule has 1 saturated heterocycles. The summed E-state index contributed by atoms with van der Waals surface area (Å²) >= 11 is 0. The summed E-state index contributed by atoms with van der Waals surface area (Å²) in [7, 11) is 1.99. The van der Waals surface area contributed by atoms with Crippen molar-refractivity contribution in [3.8, 4) is 0 Å². The summed E-state index contributed by atoms with van der Waals surface area (Å²) in [5.74, 6) is 0.241. The largest absolute Gasteiger partial charge is 0.339 e. The zero-order valence-corrected chi connectivity index (χ0v) is 10.5. The number of rotatable bonds is 5. The molecule has 0 aliphatic carbocycles. The molecule has 16 heavy (non-hydrogen) atoms. The second kappa shape index (κ2) is 6.66. The van der Waals surface area contributed by atoms with E-state index in [1.807, 2.05) is 18.9 Å². The number of likely N-dealkylation sites (N-methyl/N-ethyl adjacent to an activating group) is 1. The van der Waals surface area contributed by atoms with Gasteiger partial charge in [-0.1, -0.05) is 5.57 Å². The van der Waals surface area contributed by atoms with Gasteiger partial charge in [-0.2, -0.15) is 0 Å². The molecule has 1 heterocycles. The fourth-order valence-corrected chi connectivity index (χ4v) is 1.71. The SMILES string of the molecule is C=C(C)CCN(C)CC(=O)N1CCNCC1. The second-order valence-corrected chi connectivity index (χ2v) is 4.58. The Bertz CT molecular complexity index is 247. The summed E-state index contributed by atoms with van der Waals surface area (Å²) in [5, 5.41) is 3.24. The molecule has 92 valence electrons. The molecule has 1 N–H and O–H groups in total. The Morgan fingerprint density at radius 2 is 2.06 bits per heavy atom. The fourth-order valence-electron chi connectivity index (χ4n) is 1.71.